The molecule has 2 amide bonds. The van der Waals surface area contributed by atoms with Crippen molar-refractivity contribution in [2.24, 2.45) is 10.7 Å². The van der Waals surface area contributed by atoms with E-state index >= 15 is 0 Å². The van der Waals surface area contributed by atoms with Gasteiger partial charge in [-0.3, -0.25) is 19.5 Å². The van der Waals surface area contributed by atoms with Crippen molar-refractivity contribution in [3.63, 3.8) is 0 Å². The highest BCUT2D eigenvalue weighted by molar-refractivity contribution is 6.02. The number of nitrogens with one attached hydrogen (secondary N) is 2. The molecule has 0 saturated carbocycles. The van der Waals surface area contributed by atoms with Crippen molar-refractivity contribution >= 4 is 23.5 Å². The Morgan fingerprint density at radius 2 is 2.12 bits per heavy atom. The molecular weight excluding hydrogens is 412 g/mol. The number of nitrogens with two attached hydrogens (primary N) is 1. The third kappa shape index (κ3) is 5.35. The summed E-state index contributed by atoms with van der Waals surface area (Å²) in [5.41, 5.74) is 6.03. The van der Waals surface area contributed by atoms with Crippen LogP contribution in [0.3, 0.4) is 0 Å². The SMILES string of the molecule is CNCC#CCOc1cnc(C(=O)Nc2ccnc(C3(C)CC(=O)N(C)C(N)=N3)c2)cn1. The number of aliphatic imine (C=N–C) groups is 1. The predicted molar refractivity (Wildman–Crippen MR) is 118 cm³/mol. The first-order chi connectivity index (χ1) is 15.3. The van der Waals surface area contributed by atoms with Crippen LogP contribution in [0, 0.1) is 11.8 Å². The van der Waals surface area contributed by atoms with Crippen LogP contribution in [0.2, 0.25) is 0 Å². The molecule has 11 heteroatoms. The lowest BCUT2D eigenvalue weighted by Gasteiger charge is -2.32. The molecule has 1 aliphatic rings. The highest BCUT2D eigenvalue weighted by Crippen LogP contribution is 2.32. The Bertz CT molecular complexity index is 1090. The molecule has 0 bridgehead atoms. The molecule has 1 aliphatic heterocycles. The lowest BCUT2D eigenvalue weighted by molar-refractivity contribution is -0.128. The van der Waals surface area contributed by atoms with Gasteiger partial charge in [0, 0.05) is 18.9 Å². The maximum Gasteiger partial charge on any atom is 0.275 e. The minimum Gasteiger partial charge on any atom is -0.463 e. The Morgan fingerprint density at radius 3 is 2.81 bits per heavy atom. The Kier molecular flexibility index (Phi) is 6.97. The minimum absolute atomic E-state index is 0.111. The Morgan fingerprint density at radius 1 is 1.31 bits per heavy atom. The molecule has 0 aromatic carbocycles. The normalized spacial score (nSPS) is 17.8. The molecule has 166 valence electrons. The van der Waals surface area contributed by atoms with Gasteiger partial charge in [-0.25, -0.2) is 15.0 Å². The summed E-state index contributed by atoms with van der Waals surface area (Å²) in [5.74, 6) is 5.44. The van der Waals surface area contributed by atoms with Crippen LogP contribution in [0.15, 0.2) is 35.7 Å². The van der Waals surface area contributed by atoms with E-state index in [4.69, 9.17) is 10.5 Å². The molecule has 0 fully saturated rings. The van der Waals surface area contributed by atoms with Crippen molar-refractivity contribution in [1.82, 2.24) is 25.2 Å². The fourth-order valence-electron chi connectivity index (χ4n) is 2.87. The summed E-state index contributed by atoms with van der Waals surface area (Å²) in [5, 5.41) is 5.65. The molecule has 1 atom stereocenters. The van der Waals surface area contributed by atoms with Crippen LogP contribution in [-0.4, -0.2) is 64.9 Å². The fourth-order valence-corrected chi connectivity index (χ4v) is 2.87. The molecule has 1 unspecified atom stereocenters. The summed E-state index contributed by atoms with van der Waals surface area (Å²) in [4.78, 5) is 43.0. The van der Waals surface area contributed by atoms with Crippen LogP contribution >= 0.6 is 0 Å². The third-order valence-corrected chi connectivity index (χ3v) is 4.69. The first-order valence-corrected chi connectivity index (χ1v) is 9.77. The van der Waals surface area contributed by atoms with Gasteiger partial charge in [-0.15, -0.1) is 0 Å². The first kappa shape index (κ1) is 22.6. The van der Waals surface area contributed by atoms with E-state index in [1.807, 2.05) is 0 Å². The maximum absolute atomic E-state index is 12.6. The molecule has 0 saturated heterocycles. The molecule has 3 heterocycles. The summed E-state index contributed by atoms with van der Waals surface area (Å²) in [7, 11) is 3.37. The molecule has 4 N–H and O–H groups in total. The van der Waals surface area contributed by atoms with Gasteiger partial charge in [-0.2, -0.15) is 0 Å². The van der Waals surface area contributed by atoms with Gasteiger partial charge in [0.2, 0.25) is 11.8 Å². The van der Waals surface area contributed by atoms with E-state index < -0.39 is 11.4 Å². The molecule has 0 radical (unpaired) electrons. The number of aromatic nitrogens is 3. The van der Waals surface area contributed by atoms with Crippen molar-refractivity contribution in [2.45, 2.75) is 18.9 Å². The van der Waals surface area contributed by atoms with Crippen LogP contribution in [-0.2, 0) is 10.3 Å². The second-order valence-electron chi connectivity index (χ2n) is 7.17. The van der Waals surface area contributed by atoms with Gasteiger partial charge in [0.1, 0.15) is 11.2 Å². The second-order valence-corrected chi connectivity index (χ2v) is 7.17. The zero-order valence-corrected chi connectivity index (χ0v) is 18.0. The fraction of sp³-hybridized carbons (Fsp3) is 0.333. The van der Waals surface area contributed by atoms with Crippen molar-refractivity contribution in [2.75, 3.05) is 32.6 Å². The van der Waals surface area contributed by atoms with E-state index in [-0.39, 0.29) is 36.5 Å². The van der Waals surface area contributed by atoms with E-state index in [1.165, 1.54) is 23.5 Å². The highest BCUT2D eigenvalue weighted by atomic mass is 16.5. The van der Waals surface area contributed by atoms with Crippen molar-refractivity contribution < 1.29 is 14.3 Å². The number of pyridine rings is 1. The Labute approximate surface area is 185 Å². The number of anilines is 1. The van der Waals surface area contributed by atoms with E-state index in [0.717, 1.165) is 0 Å². The van der Waals surface area contributed by atoms with E-state index in [2.05, 4.69) is 42.4 Å². The van der Waals surface area contributed by atoms with Gasteiger partial charge < -0.3 is 21.1 Å². The molecule has 11 nitrogen and oxygen atoms in total. The van der Waals surface area contributed by atoms with Crippen LogP contribution in [0.25, 0.3) is 0 Å². The topological polar surface area (TPSA) is 148 Å². The number of rotatable bonds is 6. The van der Waals surface area contributed by atoms with Gasteiger partial charge in [0.15, 0.2) is 12.6 Å². The van der Waals surface area contributed by atoms with E-state index in [1.54, 1.807) is 33.2 Å². The summed E-state index contributed by atoms with van der Waals surface area (Å²) in [6.07, 6.45) is 4.31. The monoisotopic (exact) mass is 436 g/mol. The van der Waals surface area contributed by atoms with Crippen molar-refractivity contribution in [3.8, 4) is 17.7 Å². The Balaban J connectivity index is 1.67. The molecule has 0 aliphatic carbocycles. The molecular formula is C21H24N8O3. The second kappa shape index (κ2) is 9.84. The molecule has 2 aromatic heterocycles. The smallest absolute Gasteiger partial charge is 0.275 e. The molecule has 2 aromatic rings. The number of ether oxygens (including phenoxy) is 1. The average molecular weight is 436 g/mol. The molecule has 3 rings (SSSR count). The largest absolute Gasteiger partial charge is 0.463 e. The summed E-state index contributed by atoms with van der Waals surface area (Å²) < 4.78 is 5.36. The van der Waals surface area contributed by atoms with Crippen LogP contribution in [0.1, 0.15) is 29.5 Å². The standard InChI is InChI=1S/C21H24N8O3/c1-21(11-18(30)29(3)20(22)28-21)16-10-14(6-8-24-16)27-19(31)15-12-26-17(13-25-15)32-9-5-4-7-23-2/h6,8,10,12-13,23H,7,9,11H2,1-3H3,(H2,22,28)(H,24,27,31). The van der Waals surface area contributed by atoms with Crippen LogP contribution in [0.5, 0.6) is 5.88 Å². The number of nitrogens with zero attached hydrogens (tertiary/aromatic N) is 5. The summed E-state index contributed by atoms with van der Waals surface area (Å²) >= 11 is 0. The number of hydrogen-bond acceptors (Lipinski definition) is 9. The van der Waals surface area contributed by atoms with Gasteiger partial charge >= 0.3 is 0 Å². The summed E-state index contributed by atoms with van der Waals surface area (Å²) in [6, 6.07) is 3.28. The van der Waals surface area contributed by atoms with Crippen molar-refractivity contribution in [3.05, 3.63) is 42.1 Å². The molecule has 0 spiro atoms. The number of amides is 2. The van der Waals surface area contributed by atoms with Gasteiger partial charge in [0.25, 0.3) is 5.91 Å². The molecule has 32 heavy (non-hydrogen) atoms. The van der Waals surface area contributed by atoms with Gasteiger partial charge in [0.05, 0.1) is 31.1 Å². The lowest BCUT2D eigenvalue weighted by Crippen LogP contribution is -2.47. The zero-order chi connectivity index (χ0) is 23.1. The lowest BCUT2D eigenvalue weighted by atomic mass is 9.91. The van der Waals surface area contributed by atoms with E-state index in [9.17, 15) is 9.59 Å². The summed E-state index contributed by atoms with van der Waals surface area (Å²) in [6.45, 7) is 2.51. The number of carbonyl (C=O) groups is 2. The Hall–Kier alpha value is -4.04. The van der Waals surface area contributed by atoms with Crippen LogP contribution in [0.4, 0.5) is 5.69 Å². The third-order valence-electron chi connectivity index (χ3n) is 4.69. The van der Waals surface area contributed by atoms with Gasteiger partial charge in [-0.1, -0.05) is 11.8 Å². The number of guanidine groups is 1. The maximum atomic E-state index is 12.6. The highest BCUT2D eigenvalue weighted by Gasteiger charge is 2.37. The average Bonchev–Trinajstić information content (AvgIpc) is 2.78. The first-order valence-electron chi connectivity index (χ1n) is 9.77. The van der Waals surface area contributed by atoms with Crippen molar-refractivity contribution in [1.29, 1.82) is 0 Å². The van der Waals surface area contributed by atoms with E-state index in [0.29, 0.717) is 17.9 Å². The van der Waals surface area contributed by atoms with Gasteiger partial charge in [-0.05, 0) is 26.1 Å². The predicted octanol–water partition coefficient (Wildman–Crippen LogP) is 0.118. The quantitative estimate of drug-likeness (QED) is 0.541. The minimum atomic E-state index is -0.927. The number of carbonyl (C=O) groups excluding carboxylic acids is 2. The van der Waals surface area contributed by atoms with Crippen LogP contribution < -0.4 is 21.1 Å². The number of hydrogen-bond donors (Lipinski definition) is 3. The zero-order valence-electron chi connectivity index (χ0n) is 18.0.